The van der Waals surface area contributed by atoms with Crippen molar-refractivity contribution in [2.75, 3.05) is 37.6 Å². The van der Waals surface area contributed by atoms with E-state index in [0.717, 1.165) is 50.6 Å². The molecule has 0 aliphatic carbocycles. The second-order valence-corrected chi connectivity index (χ2v) is 6.41. The third-order valence-corrected chi connectivity index (χ3v) is 4.98. The summed E-state index contributed by atoms with van der Waals surface area (Å²) < 4.78 is 5.73. The monoisotopic (exact) mass is 310 g/mol. The molecule has 2 fully saturated rings. The van der Waals surface area contributed by atoms with Gasteiger partial charge in [-0.2, -0.15) is 0 Å². The maximum absolute atomic E-state index is 12.5. The second-order valence-electron chi connectivity index (χ2n) is 5.54. The van der Waals surface area contributed by atoms with Crippen molar-refractivity contribution in [2.24, 2.45) is 5.73 Å². The van der Waals surface area contributed by atoms with Gasteiger partial charge < -0.3 is 20.3 Å². The molecular formula is C14H22N4O2S. The number of carbonyl (C=O) groups is 1. The molecule has 2 N–H and O–H groups in total. The Balaban J connectivity index is 1.56. The van der Waals surface area contributed by atoms with E-state index < -0.39 is 0 Å². The standard InChI is InChI=1S/C14H22N4O2S/c15-10-11-2-3-12(20-11)13(19)17-5-1-6-18(8-7-17)14-16-4-9-21-14/h4,9,11-12H,1-3,5-8,10,15H2/t11-,12+/m1/s1. The highest BCUT2D eigenvalue weighted by Gasteiger charge is 2.33. The maximum atomic E-state index is 12.5. The number of anilines is 1. The fourth-order valence-corrected chi connectivity index (χ4v) is 3.66. The van der Waals surface area contributed by atoms with E-state index in [-0.39, 0.29) is 18.1 Å². The molecule has 0 spiro atoms. The molecule has 6 nitrogen and oxygen atoms in total. The van der Waals surface area contributed by atoms with Crippen molar-refractivity contribution >= 4 is 22.4 Å². The summed E-state index contributed by atoms with van der Waals surface area (Å²) in [7, 11) is 0. The van der Waals surface area contributed by atoms with Crippen molar-refractivity contribution in [2.45, 2.75) is 31.5 Å². The molecule has 2 aliphatic rings. The predicted octanol–water partition coefficient (Wildman–Crippen LogP) is 0.688. The minimum Gasteiger partial charge on any atom is -0.364 e. The lowest BCUT2D eigenvalue weighted by Gasteiger charge is -2.24. The van der Waals surface area contributed by atoms with Crippen LogP contribution in [0.1, 0.15) is 19.3 Å². The fourth-order valence-electron chi connectivity index (χ4n) is 2.97. The molecule has 2 aliphatic heterocycles. The lowest BCUT2D eigenvalue weighted by Crippen LogP contribution is -2.41. The highest BCUT2D eigenvalue weighted by atomic mass is 32.1. The number of thiazole rings is 1. The normalized spacial score (nSPS) is 26.9. The molecule has 3 heterocycles. The topological polar surface area (TPSA) is 71.7 Å². The summed E-state index contributed by atoms with van der Waals surface area (Å²) in [6.07, 6.45) is 4.26. The van der Waals surface area contributed by atoms with Crippen LogP contribution < -0.4 is 10.6 Å². The molecule has 1 aromatic rings. The molecule has 0 bridgehead atoms. The van der Waals surface area contributed by atoms with Gasteiger partial charge in [0.05, 0.1) is 6.10 Å². The quantitative estimate of drug-likeness (QED) is 0.889. The van der Waals surface area contributed by atoms with Crippen LogP contribution in [-0.4, -0.2) is 60.7 Å². The first-order valence-corrected chi connectivity index (χ1v) is 8.44. The summed E-state index contributed by atoms with van der Waals surface area (Å²) in [5.74, 6) is 0.131. The highest BCUT2D eigenvalue weighted by molar-refractivity contribution is 7.13. The van der Waals surface area contributed by atoms with Crippen LogP contribution in [-0.2, 0) is 9.53 Å². The van der Waals surface area contributed by atoms with Gasteiger partial charge in [-0.15, -0.1) is 11.3 Å². The molecule has 21 heavy (non-hydrogen) atoms. The summed E-state index contributed by atoms with van der Waals surface area (Å²) in [6.45, 7) is 3.83. The first-order valence-electron chi connectivity index (χ1n) is 7.56. The minimum absolute atomic E-state index is 0.0535. The Kier molecular flexibility index (Phi) is 4.72. The van der Waals surface area contributed by atoms with Gasteiger partial charge in [-0.1, -0.05) is 0 Å². The zero-order chi connectivity index (χ0) is 14.7. The number of nitrogens with two attached hydrogens (primary N) is 1. The molecule has 0 aromatic carbocycles. The van der Waals surface area contributed by atoms with Crippen LogP contribution in [0.3, 0.4) is 0 Å². The number of hydrogen-bond acceptors (Lipinski definition) is 6. The van der Waals surface area contributed by atoms with Gasteiger partial charge in [-0.25, -0.2) is 4.98 Å². The third kappa shape index (κ3) is 3.36. The summed E-state index contributed by atoms with van der Waals surface area (Å²) in [5.41, 5.74) is 5.61. The average Bonchev–Trinajstić information content (AvgIpc) is 3.14. The Bertz CT molecular complexity index is 468. The first-order chi connectivity index (χ1) is 10.3. The Morgan fingerprint density at radius 3 is 3.00 bits per heavy atom. The number of rotatable bonds is 3. The zero-order valence-electron chi connectivity index (χ0n) is 12.1. The van der Waals surface area contributed by atoms with Gasteiger partial charge in [0.25, 0.3) is 5.91 Å². The van der Waals surface area contributed by atoms with E-state index in [0.29, 0.717) is 6.54 Å². The van der Waals surface area contributed by atoms with Gasteiger partial charge in [0, 0.05) is 44.3 Å². The average molecular weight is 310 g/mol. The summed E-state index contributed by atoms with van der Waals surface area (Å²) in [6, 6.07) is 0. The van der Waals surface area contributed by atoms with Gasteiger partial charge in [0.2, 0.25) is 0 Å². The number of ether oxygens (including phenoxy) is 1. The molecule has 2 saturated heterocycles. The number of amides is 1. The van der Waals surface area contributed by atoms with Crippen LogP contribution in [0.2, 0.25) is 0 Å². The van der Waals surface area contributed by atoms with Gasteiger partial charge >= 0.3 is 0 Å². The summed E-state index contributed by atoms with van der Waals surface area (Å²) in [5, 5.41) is 3.03. The van der Waals surface area contributed by atoms with Crippen LogP contribution >= 0.6 is 11.3 Å². The Morgan fingerprint density at radius 1 is 1.38 bits per heavy atom. The van der Waals surface area contributed by atoms with Crippen LogP contribution in [0.25, 0.3) is 0 Å². The molecule has 1 aromatic heterocycles. The number of hydrogen-bond donors (Lipinski definition) is 1. The third-order valence-electron chi connectivity index (χ3n) is 4.14. The zero-order valence-corrected chi connectivity index (χ0v) is 12.9. The second kappa shape index (κ2) is 6.72. The molecule has 7 heteroatoms. The van der Waals surface area contributed by atoms with Crippen molar-refractivity contribution in [1.82, 2.24) is 9.88 Å². The van der Waals surface area contributed by atoms with E-state index >= 15 is 0 Å². The van der Waals surface area contributed by atoms with Crippen molar-refractivity contribution in [3.8, 4) is 0 Å². The Labute approximate surface area is 128 Å². The molecule has 0 saturated carbocycles. The highest BCUT2D eigenvalue weighted by Crippen LogP contribution is 2.23. The summed E-state index contributed by atoms with van der Waals surface area (Å²) >= 11 is 1.65. The first kappa shape index (κ1) is 14.7. The minimum atomic E-state index is -0.287. The van der Waals surface area contributed by atoms with Gasteiger partial charge in [0.1, 0.15) is 6.10 Å². The van der Waals surface area contributed by atoms with E-state index in [2.05, 4.69) is 9.88 Å². The number of carbonyl (C=O) groups excluding carboxylic acids is 1. The molecule has 1 amide bonds. The van der Waals surface area contributed by atoms with Gasteiger partial charge in [-0.05, 0) is 19.3 Å². The Hall–Kier alpha value is -1.18. The number of aromatic nitrogens is 1. The van der Waals surface area contributed by atoms with E-state index in [1.54, 1.807) is 11.3 Å². The van der Waals surface area contributed by atoms with Crippen LogP contribution in [0.5, 0.6) is 0 Å². The predicted molar refractivity (Wildman–Crippen MR) is 82.5 cm³/mol. The maximum Gasteiger partial charge on any atom is 0.251 e. The smallest absolute Gasteiger partial charge is 0.251 e. The lowest BCUT2D eigenvalue weighted by atomic mass is 10.2. The van der Waals surface area contributed by atoms with E-state index in [4.69, 9.17) is 10.5 Å². The molecule has 3 rings (SSSR count). The van der Waals surface area contributed by atoms with E-state index in [1.807, 2.05) is 16.5 Å². The Morgan fingerprint density at radius 2 is 2.29 bits per heavy atom. The fraction of sp³-hybridized carbons (Fsp3) is 0.714. The molecule has 116 valence electrons. The van der Waals surface area contributed by atoms with E-state index in [9.17, 15) is 4.79 Å². The number of nitrogens with zero attached hydrogens (tertiary/aromatic N) is 3. The van der Waals surface area contributed by atoms with Crippen molar-refractivity contribution < 1.29 is 9.53 Å². The van der Waals surface area contributed by atoms with Crippen molar-refractivity contribution in [3.05, 3.63) is 11.6 Å². The molecule has 0 radical (unpaired) electrons. The lowest BCUT2D eigenvalue weighted by molar-refractivity contribution is -0.142. The van der Waals surface area contributed by atoms with Gasteiger partial charge in [0.15, 0.2) is 5.13 Å². The molecule has 0 unspecified atom stereocenters. The molecule has 2 atom stereocenters. The van der Waals surface area contributed by atoms with Crippen molar-refractivity contribution in [1.29, 1.82) is 0 Å². The van der Waals surface area contributed by atoms with Crippen LogP contribution in [0.4, 0.5) is 5.13 Å². The van der Waals surface area contributed by atoms with Crippen molar-refractivity contribution in [3.63, 3.8) is 0 Å². The van der Waals surface area contributed by atoms with E-state index in [1.165, 1.54) is 0 Å². The molecular weight excluding hydrogens is 288 g/mol. The van der Waals surface area contributed by atoms with Crippen LogP contribution in [0, 0.1) is 0 Å². The SMILES string of the molecule is NC[C@H]1CC[C@@H](C(=O)N2CCCN(c3nccs3)CC2)O1. The van der Waals surface area contributed by atoms with Crippen LogP contribution in [0.15, 0.2) is 11.6 Å². The largest absolute Gasteiger partial charge is 0.364 e. The summed E-state index contributed by atoms with van der Waals surface area (Å²) in [4.78, 5) is 21.1. The van der Waals surface area contributed by atoms with Gasteiger partial charge in [-0.3, -0.25) is 4.79 Å².